The highest BCUT2D eigenvalue weighted by Crippen LogP contribution is 2.31. The van der Waals surface area contributed by atoms with Crippen LogP contribution < -0.4 is 10.5 Å². The van der Waals surface area contributed by atoms with Gasteiger partial charge in [0.15, 0.2) is 0 Å². The van der Waals surface area contributed by atoms with E-state index in [1.54, 1.807) is 7.11 Å². The van der Waals surface area contributed by atoms with Crippen LogP contribution in [0.25, 0.3) is 0 Å². The number of nitrogens with two attached hydrogens (primary N) is 1. The first-order chi connectivity index (χ1) is 7.10. The van der Waals surface area contributed by atoms with Gasteiger partial charge in [-0.25, -0.2) is 0 Å². The summed E-state index contributed by atoms with van der Waals surface area (Å²) in [4.78, 5) is 0. The lowest BCUT2D eigenvalue weighted by Gasteiger charge is -2.14. The molecular formula is C11H16BrNO2. The van der Waals surface area contributed by atoms with Crippen LogP contribution in [0.1, 0.15) is 23.7 Å². The van der Waals surface area contributed by atoms with E-state index >= 15 is 0 Å². The van der Waals surface area contributed by atoms with Crippen LogP contribution in [0.5, 0.6) is 5.75 Å². The molecule has 0 fully saturated rings. The van der Waals surface area contributed by atoms with E-state index in [1.807, 2.05) is 19.1 Å². The lowest BCUT2D eigenvalue weighted by Crippen LogP contribution is -2.07. The van der Waals surface area contributed by atoms with Gasteiger partial charge in [0.25, 0.3) is 0 Å². The third-order valence-corrected chi connectivity index (χ3v) is 3.00. The molecule has 1 aromatic rings. The van der Waals surface area contributed by atoms with Crippen LogP contribution in [0, 0.1) is 6.92 Å². The number of halogens is 1. The quantitative estimate of drug-likeness (QED) is 0.884. The Morgan fingerprint density at radius 2 is 2.20 bits per heavy atom. The summed E-state index contributed by atoms with van der Waals surface area (Å²) in [6, 6.07) is 3.79. The van der Waals surface area contributed by atoms with Crippen LogP contribution in [0.3, 0.4) is 0 Å². The third kappa shape index (κ3) is 2.93. The van der Waals surface area contributed by atoms with Crippen LogP contribution in [0.15, 0.2) is 16.6 Å². The van der Waals surface area contributed by atoms with Crippen molar-refractivity contribution in [2.24, 2.45) is 5.73 Å². The lowest BCUT2D eigenvalue weighted by molar-refractivity contribution is 0.169. The first-order valence-electron chi connectivity index (χ1n) is 4.82. The first-order valence-corrected chi connectivity index (χ1v) is 5.61. The highest BCUT2D eigenvalue weighted by Gasteiger charge is 2.13. The average Bonchev–Trinajstić information content (AvgIpc) is 2.18. The highest BCUT2D eigenvalue weighted by atomic mass is 79.9. The summed E-state index contributed by atoms with van der Waals surface area (Å²) in [5.41, 5.74) is 7.27. The van der Waals surface area contributed by atoms with Crippen LogP contribution in [-0.4, -0.2) is 18.8 Å². The minimum absolute atomic E-state index is 0.462. The summed E-state index contributed by atoms with van der Waals surface area (Å²) in [6.07, 6.45) is 0.00374. The SMILES string of the molecule is COc1cc(C(O)CCN)c(Br)cc1C. The van der Waals surface area contributed by atoms with Gasteiger partial charge in [0.2, 0.25) is 0 Å². The number of rotatable bonds is 4. The summed E-state index contributed by atoms with van der Waals surface area (Å²) >= 11 is 3.42. The topological polar surface area (TPSA) is 55.5 Å². The summed E-state index contributed by atoms with van der Waals surface area (Å²) in [5, 5.41) is 9.85. The zero-order chi connectivity index (χ0) is 11.4. The molecule has 3 N–H and O–H groups in total. The first kappa shape index (κ1) is 12.5. The van der Waals surface area contributed by atoms with Gasteiger partial charge in [0.05, 0.1) is 13.2 Å². The fourth-order valence-electron chi connectivity index (χ4n) is 1.46. The number of aliphatic hydroxyl groups excluding tert-OH is 1. The van der Waals surface area contributed by atoms with Gasteiger partial charge >= 0.3 is 0 Å². The maximum atomic E-state index is 9.85. The number of benzene rings is 1. The van der Waals surface area contributed by atoms with E-state index in [2.05, 4.69) is 15.9 Å². The standard InChI is InChI=1S/C11H16BrNO2/c1-7-5-9(12)8(6-11(7)15-2)10(14)3-4-13/h5-6,10,14H,3-4,13H2,1-2H3. The van der Waals surface area contributed by atoms with E-state index in [1.165, 1.54) is 0 Å². The minimum Gasteiger partial charge on any atom is -0.496 e. The van der Waals surface area contributed by atoms with Crippen LogP contribution in [0.4, 0.5) is 0 Å². The second-order valence-corrected chi connectivity index (χ2v) is 4.29. The van der Waals surface area contributed by atoms with E-state index in [9.17, 15) is 5.11 Å². The maximum absolute atomic E-state index is 9.85. The van der Waals surface area contributed by atoms with E-state index in [0.717, 1.165) is 21.3 Å². The van der Waals surface area contributed by atoms with Gasteiger partial charge in [-0.15, -0.1) is 0 Å². The van der Waals surface area contributed by atoms with E-state index in [0.29, 0.717) is 13.0 Å². The van der Waals surface area contributed by atoms with Crippen molar-refractivity contribution in [2.75, 3.05) is 13.7 Å². The number of aryl methyl sites for hydroxylation is 1. The molecule has 0 saturated carbocycles. The Morgan fingerprint density at radius 3 is 2.73 bits per heavy atom. The molecule has 0 saturated heterocycles. The zero-order valence-corrected chi connectivity index (χ0v) is 10.5. The fraction of sp³-hybridized carbons (Fsp3) is 0.455. The molecule has 4 heteroatoms. The van der Waals surface area contributed by atoms with Crippen molar-refractivity contribution in [1.29, 1.82) is 0 Å². The molecule has 0 aliphatic rings. The molecule has 0 aliphatic carbocycles. The number of aliphatic hydroxyl groups is 1. The Bertz CT molecular complexity index is 342. The molecule has 0 radical (unpaired) electrons. The highest BCUT2D eigenvalue weighted by molar-refractivity contribution is 9.10. The molecule has 1 unspecified atom stereocenters. The van der Waals surface area contributed by atoms with Crippen LogP contribution in [-0.2, 0) is 0 Å². The second kappa shape index (κ2) is 5.49. The van der Waals surface area contributed by atoms with E-state index < -0.39 is 6.10 Å². The summed E-state index contributed by atoms with van der Waals surface area (Å²) in [5.74, 6) is 0.782. The second-order valence-electron chi connectivity index (χ2n) is 3.44. The van der Waals surface area contributed by atoms with Crippen molar-refractivity contribution in [2.45, 2.75) is 19.4 Å². The van der Waals surface area contributed by atoms with Gasteiger partial charge in [-0.05, 0) is 43.1 Å². The van der Waals surface area contributed by atoms with E-state index in [4.69, 9.17) is 10.5 Å². The van der Waals surface area contributed by atoms with Crippen molar-refractivity contribution < 1.29 is 9.84 Å². The largest absolute Gasteiger partial charge is 0.496 e. The molecule has 15 heavy (non-hydrogen) atoms. The predicted octanol–water partition coefficient (Wildman–Crippen LogP) is 2.15. The predicted molar refractivity (Wildman–Crippen MR) is 64.1 cm³/mol. The molecule has 3 nitrogen and oxygen atoms in total. The average molecular weight is 274 g/mol. The zero-order valence-electron chi connectivity index (χ0n) is 8.96. The van der Waals surface area contributed by atoms with Gasteiger partial charge in [0, 0.05) is 4.47 Å². The Morgan fingerprint density at radius 1 is 1.53 bits per heavy atom. The Labute approximate surface area is 98.4 Å². The molecule has 0 aliphatic heterocycles. The molecule has 0 amide bonds. The van der Waals surface area contributed by atoms with Crippen molar-refractivity contribution in [3.8, 4) is 5.75 Å². The van der Waals surface area contributed by atoms with Gasteiger partial charge < -0.3 is 15.6 Å². The Hall–Kier alpha value is -0.580. The molecule has 1 aromatic carbocycles. The Balaban J connectivity index is 3.06. The summed E-state index contributed by atoms with van der Waals surface area (Å²) in [6.45, 7) is 2.42. The third-order valence-electron chi connectivity index (χ3n) is 2.31. The van der Waals surface area contributed by atoms with Gasteiger partial charge in [-0.3, -0.25) is 0 Å². The van der Waals surface area contributed by atoms with Gasteiger partial charge in [-0.2, -0.15) is 0 Å². The smallest absolute Gasteiger partial charge is 0.122 e. The van der Waals surface area contributed by atoms with Crippen molar-refractivity contribution in [3.05, 3.63) is 27.7 Å². The number of ether oxygens (including phenoxy) is 1. The molecular weight excluding hydrogens is 258 g/mol. The van der Waals surface area contributed by atoms with Crippen LogP contribution in [0.2, 0.25) is 0 Å². The molecule has 0 spiro atoms. The van der Waals surface area contributed by atoms with Crippen molar-refractivity contribution in [3.63, 3.8) is 0 Å². The number of methoxy groups -OCH3 is 1. The Kier molecular flexibility index (Phi) is 4.57. The van der Waals surface area contributed by atoms with Crippen molar-refractivity contribution >= 4 is 15.9 Å². The van der Waals surface area contributed by atoms with Gasteiger partial charge in [-0.1, -0.05) is 15.9 Å². The molecule has 0 heterocycles. The minimum atomic E-state index is -0.543. The monoisotopic (exact) mass is 273 g/mol. The maximum Gasteiger partial charge on any atom is 0.122 e. The molecule has 1 atom stereocenters. The number of hydrogen-bond donors (Lipinski definition) is 2. The van der Waals surface area contributed by atoms with Crippen molar-refractivity contribution in [1.82, 2.24) is 0 Å². The fourth-order valence-corrected chi connectivity index (χ4v) is 2.18. The van der Waals surface area contributed by atoms with Gasteiger partial charge in [0.1, 0.15) is 5.75 Å². The summed E-state index contributed by atoms with van der Waals surface area (Å²) in [7, 11) is 1.62. The van der Waals surface area contributed by atoms with E-state index in [-0.39, 0.29) is 0 Å². The normalized spacial score (nSPS) is 12.6. The molecule has 0 aromatic heterocycles. The van der Waals surface area contributed by atoms with Crippen LogP contribution >= 0.6 is 15.9 Å². The lowest BCUT2D eigenvalue weighted by atomic mass is 10.0. The molecule has 1 rings (SSSR count). The number of hydrogen-bond acceptors (Lipinski definition) is 3. The molecule has 0 bridgehead atoms. The molecule has 84 valence electrons. The summed E-state index contributed by atoms with van der Waals surface area (Å²) < 4.78 is 6.10.